The highest BCUT2D eigenvalue weighted by Gasteiger charge is 2.18. The molecule has 19 heavy (non-hydrogen) atoms. The number of sulfonamides is 1. The van der Waals surface area contributed by atoms with Crippen LogP contribution in [0.4, 0.5) is 11.4 Å². The summed E-state index contributed by atoms with van der Waals surface area (Å²) in [5.74, 6) is 0.542. The molecule has 0 saturated heterocycles. The van der Waals surface area contributed by atoms with Gasteiger partial charge in [-0.3, -0.25) is 4.72 Å². The van der Waals surface area contributed by atoms with Crippen LogP contribution in [0.1, 0.15) is 17.0 Å². The molecule has 0 fully saturated rings. The fourth-order valence-corrected chi connectivity index (χ4v) is 2.81. The largest absolute Gasteiger partial charge is 0.398 e. The number of nitrogens with one attached hydrogen (secondary N) is 2. The van der Waals surface area contributed by atoms with Crippen molar-refractivity contribution in [2.24, 2.45) is 0 Å². The van der Waals surface area contributed by atoms with Crippen LogP contribution in [-0.2, 0) is 10.0 Å². The summed E-state index contributed by atoms with van der Waals surface area (Å²) in [5.41, 5.74) is 8.54. The van der Waals surface area contributed by atoms with Gasteiger partial charge in [-0.2, -0.15) is 8.42 Å². The lowest BCUT2D eigenvalue weighted by atomic mass is 10.1. The molecule has 0 saturated carbocycles. The number of rotatable bonds is 3. The Bertz CT molecular complexity index is 719. The van der Waals surface area contributed by atoms with Crippen molar-refractivity contribution >= 4 is 21.4 Å². The summed E-state index contributed by atoms with van der Waals surface area (Å²) in [5, 5.41) is 0.0311. The Labute approximate surface area is 112 Å². The number of H-pyrrole nitrogens is 1. The van der Waals surface area contributed by atoms with Gasteiger partial charge in [0.05, 0.1) is 11.9 Å². The van der Waals surface area contributed by atoms with Gasteiger partial charge in [-0.1, -0.05) is 6.07 Å². The smallest absolute Gasteiger partial charge is 0.278 e. The highest BCUT2D eigenvalue weighted by atomic mass is 32.2. The molecule has 0 aliphatic heterocycles. The van der Waals surface area contributed by atoms with Crippen LogP contribution in [0.25, 0.3) is 0 Å². The fourth-order valence-electron chi connectivity index (χ4n) is 1.71. The molecule has 2 rings (SSSR count). The Hall–Kier alpha value is -2.02. The standard InChI is InChI=1S/C12H16N4O2S/c1-7-4-8(2)11(5-10(7)13)16-19(17,18)12-6-14-9(3)15-12/h4-6,16H,13H2,1-3H3,(H,14,15). The number of nitrogens with zero attached hydrogens (tertiary/aromatic N) is 1. The van der Waals surface area contributed by atoms with Crippen LogP contribution in [0.15, 0.2) is 23.4 Å². The van der Waals surface area contributed by atoms with Gasteiger partial charge in [-0.25, -0.2) is 4.98 Å². The number of aromatic amines is 1. The summed E-state index contributed by atoms with van der Waals surface area (Å²) < 4.78 is 26.8. The topological polar surface area (TPSA) is 101 Å². The molecule has 102 valence electrons. The number of benzene rings is 1. The number of hydrogen-bond donors (Lipinski definition) is 3. The van der Waals surface area contributed by atoms with Crippen molar-refractivity contribution in [2.45, 2.75) is 25.8 Å². The lowest BCUT2D eigenvalue weighted by Gasteiger charge is -2.11. The van der Waals surface area contributed by atoms with E-state index in [4.69, 9.17) is 5.73 Å². The van der Waals surface area contributed by atoms with Crippen molar-refractivity contribution in [2.75, 3.05) is 10.5 Å². The third-order valence-corrected chi connectivity index (χ3v) is 4.10. The summed E-state index contributed by atoms with van der Waals surface area (Å²) in [6.45, 7) is 5.38. The van der Waals surface area contributed by atoms with E-state index in [2.05, 4.69) is 14.7 Å². The number of hydrogen-bond acceptors (Lipinski definition) is 4. The first-order valence-electron chi connectivity index (χ1n) is 5.71. The Morgan fingerprint density at radius 3 is 2.47 bits per heavy atom. The second-order valence-corrected chi connectivity index (χ2v) is 6.11. The van der Waals surface area contributed by atoms with E-state index in [9.17, 15) is 8.42 Å². The molecule has 0 aliphatic rings. The number of nitrogen functional groups attached to an aromatic ring is 1. The zero-order valence-corrected chi connectivity index (χ0v) is 11.8. The zero-order chi connectivity index (χ0) is 14.2. The quantitative estimate of drug-likeness (QED) is 0.745. The van der Waals surface area contributed by atoms with Crippen molar-refractivity contribution in [1.82, 2.24) is 9.97 Å². The molecule has 1 aromatic carbocycles. The minimum atomic E-state index is -3.67. The zero-order valence-electron chi connectivity index (χ0n) is 11.0. The average Bonchev–Trinajstić information content (AvgIpc) is 2.73. The molecule has 1 heterocycles. The van der Waals surface area contributed by atoms with Gasteiger partial charge in [0.2, 0.25) is 0 Å². The van der Waals surface area contributed by atoms with Crippen molar-refractivity contribution in [3.05, 3.63) is 35.3 Å². The van der Waals surface area contributed by atoms with E-state index in [1.54, 1.807) is 13.0 Å². The Morgan fingerprint density at radius 1 is 1.21 bits per heavy atom. The first-order valence-corrected chi connectivity index (χ1v) is 7.19. The molecule has 0 spiro atoms. The van der Waals surface area contributed by atoms with Gasteiger partial charge < -0.3 is 10.7 Å². The second-order valence-electron chi connectivity index (χ2n) is 4.46. The van der Waals surface area contributed by atoms with Crippen LogP contribution in [0.2, 0.25) is 0 Å². The van der Waals surface area contributed by atoms with Gasteiger partial charge in [-0.05, 0) is 38.0 Å². The lowest BCUT2D eigenvalue weighted by molar-refractivity contribution is 0.598. The monoisotopic (exact) mass is 280 g/mol. The summed E-state index contributed by atoms with van der Waals surface area (Å²) in [6.07, 6.45) is 1.28. The number of imidazole rings is 1. The molecule has 0 atom stereocenters. The maximum absolute atomic E-state index is 12.1. The summed E-state index contributed by atoms with van der Waals surface area (Å²) in [4.78, 5) is 6.57. The van der Waals surface area contributed by atoms with Gasteiger partial charge in [0.1, 0.15) is 5.82 Å². The predicted molar refractivity (Wildman–Crippen MR) is 74.5 cm³/mol. The average molecular weight is 280 g/mol. The highest BCUT2D eigenvalue weighted by Crippen LogP contribution is 2.24. The summed E-state index contributed by atoms with van der Waals surface area (Å²) in [6, 6.07) is 3.46. The van der Waals surface area contributed by atoms with E-state index in [-0.39, 0.29) is 5.03 Å². The normalized spacial score (nSPS) is 11.5. The molecule has 4 N–H and O–H groups in total. The van der Waals surface area contributed by atoms with E-state index < -0.39 is 10.0 Å². The third-order valence-electron chi connectivity index (χ3n) is 2.83. The van der Waals surface area contributed by atoms with Gasteiger partial charge in [0.15, 0.2) is 5.03 Å². The SMILES string of the molecule is Cc1ncc(S(=O)(=O)Nc2cc(N)c(C)cc2C)[nH]1. The van der Waals surface area contributed by atoms with Crippen LogP contribution in [-0.4, -0.2) is 18.4 Å². The first kappa shape index (κ1) is 13.4. The molecule has 0 amide bonds. The highest BCUT2D eigenvalue weighted by molar-refractivity contribution is 7.92. The van der Waals surface area contributed by atoms with Crippen molar-refractivity contribution in [3.8, 4) is 0 Å². The van der Waals surface area contributed by atoms with Crippen LogP contribution < -0.4 is 10.5 Å². The second kappa shape index (κ2) is 4.58. The first-order chi connectivity index (χ1) is 8.79. The maximum Gasteiger partial charge on any atom is 0.278 e. The minimum absolute atomic E-state index is 0.0311. The third kappa shape index (κ3) is 2.70. The molecule has 0 unspecified atom stereocenters. The summed E-state index contributed by atoms with van der Waals surface area (Å²) in [7, 11) is -3.67. The van der Waals surface area contributed by atoms with Gasteiger partial charge in [0.25, 0.3) is 10.0 Å². The minimum Gasteiger partial charge on any atom is -0.398 e. The van der Waals surface area contributed by atoms with Gasteiger partial charge >= 0.3 is 0 Å². The van der Waals surface area contributed by atoms with Crippen molar-refractivity contribution in [3.63, 3.8) is 0 Å². The molecule has 6 nitrogen and oxygen atoms in total. The molecular formula is C12H16N4O2S. The van der Waals surface area contributed by atoms with Crippen LogP contribution in [0.3, 0.4) is 0 Å². The van der Waals surface area contributed by atoms with Gasteiger partial charge in [-0.15, -0.1) is 0 Å². The molecular weight excluding hydrogens is 264 g/mol. The van der Waals surface area contributed by atoms with E-state index in [0.717, 1.165) is 11.1 Å². The molecule has 2 aromatic rings. The van der Waals surface area contributed by atoms with Crippen LogP contribution in [0, 0.1) is 20.8 Å². The fraction of sp³-hybridized carbons (Fsp3) is 0.250. The molecule has 0 radical (unpaired) electrons. The van der Waals surface area contributed by atoms with E-state index in [1.807, 2.05) is 19.9 Å². The van der Waals surface area contributed by atoms with Gasteiger partial charge in [0, 0.05) is 5.69 Å². The van der Waals surface area contributed by atoms with E-state index in [1.165, 1.54) is 6.20 Å². The number of anilines is 2. The maximum atomic E-state index is 12.1. The van der Waals surface area contributed by atoms with E-state index in [0.29, 0.717) is 17.2 Å². The van der Waals surface area contributed by atoms with Crippen molar-refractivity contribution < 1.29 is 8.42 Å². The number of aromatic nitrogens is 2. The van der Waals surface area contributed by atoms with E-state index >= 15 is 0 Å². The lowest BCUT2D eigenvalue weighted by Crippen LogP contribution is -2.14. The number of nitrogens with two attached hydrogens (primary N) is 1. The molecule has 1 aromatic heterocycles. The Kier molecular flexibility index (Phi) is 3.23. The Morgan fingerprint density at radius 2 is 1.89 bits per heavy atom. The van der Waals surface area contributed by atoms with Crippen LogP contribution in [0.5, 0.6) is 0 Å². The molecule has 0 aliphatic carbocycles. The van der Waals surface area contributed by atoms with Crippen LogP contribution >= 0.6 is 0 Å². The Balaban J connectivity index is 2.38. The molecule has 0 bridgehead atoms. The molecule has 7 heteroatoms. The number of aryl methyl sites for hydroxylation is 3. The van der Waals surface area contributed by atoms with Crippen molar-refractivity contribution in [1.29, 1.82) is 0 Å². The summed E-state index contributed by atoms with van der Waals surface area (Å²) >= 11 is 0. The predicted octanol–water partition coefficient (Wildman–Crippen LogP) is 1.72.